The molecule has 0 radical (unpaired) electrons. The summed E-state index contributed by atoms with van der Waals surface area (Å²) in [7, 11) is -3.73. The van der Waals surface area contributed by atoms with Gasteiger partial charge in [-0.05, 0) is 19.6 Å². The van der Waals surface area contributed by atoms with Crippen LogP contribution in [0.25, 0.3) is 0 Å². The first-order valence-corrected chi connectivity index (χ1v) is 7.10. The third-order valence-corrected chi connectivity index (χ3v) is 3.67. The monoisotopic (exact) mass is 227 g/mol. The number of hydrogen-bond donors (Lipinski definition) is 3. The van der Waals surface area contributed by atoms with E-state index in [1.807, 2.05) is 0 Å². The molecule has 0 unspecified atom stereocenters. The zero-order chi connectivity index (χ0) is 11.8. The predicted molar refractivity (Wildman–Crippen MR) is 63.6 cm³/mol. The SMILES string of the molecule is CC(C)[PH](O)(O)O.CCN(CC)CC. The second-order valence-electron chi connectivity index (χ2n) is 3.46. The molecular formula is C9H26NO3P. The summed E-state index contributed by atoms with van der Waals surface area (Å²) in [5.41, 5.74) is -0.396. The minimum atomic E-state index is -3.73. The average Bonchev–Trinajstić information content (AvgIpc) is 2.07. The Kier molecular flexibility index (Phi) is 10.2. The molecule has 5 heteroatoms. The van der Waals surface area contributed by atoms with E-state index >= 15 is 0 Å². The first-order valence-electron chi connectivity index (χ1n) is 5.18. The van der Waals surface area contributed by atoms with Crippen LogP contribution in [-0.4, -0.2) is 44.9 Å². The molecule has 3 N–H and O–H groups in total. The standard InChI is InChI=1S/C6H15N.C3H11O3P/c1-4-7(5-2)6-3;1-3(2)7(4,5)6/h4-6H2,1-3H3;3-7H,1-2H3. The second-order valence-corrected chi connectivity index (χ2v) is 5.99. The molecule has 0 amide bonds. The van der Waals surface area contributed by atoms with Gasteiger partial charge in [-0.15, -0.1) is 0 Å². The van der Waals surface area contributed by atoms with Gasteiger partial charge in [-0.2, -0.15) is 0 Å². The van der Waals surface area contributed by atoms with Crippen molar-refractivity contribution in [1.82, 2.24) is 4.90 Å². The van der Waals surface area contributed by atoms with Crippen LogP contribution in [0.3, 0.4) is 0 Å². The molecule has 0 atom stereocenters. The topological polar surface area (TPSA) is 63.9 Å². The Morgan fingerprint density at radius 1 is 0.929 bits per heavy atom. The van der Waals surface area contributed by atoms with E-state index in [1.54, 1.807) is 13.8 Å². The van der Waals surface area contributed by atoms with Crippen molar-refractivity contribution in [1.29, 1.82) is 0 Å². The number of rotatable bonds is 4. The Labute approximate surface area is 88.2 Å². The molecule has 0 rings (SSSR count). The van der Waals surface area contributed by atoms with Crippen molar-refractivity contribution < 1.29 is 14.7 Å². The molecule has 4 nitrogen and oxygen atoms in total. The van der Waals surface area contributed by atoms with Gasteiger partial charge in [0.05, 0.1) is 0 Å². The summed E-state index contributed by atoms with van der Waals surface area (Å²) >= 11 is 0. The second kappa shape index (κ2) is 8.57. The summed E-state index contributed by atoms with van der Waals surface area (Å²) in [6.07, 6.45) is 0. The molecule has 0 aromatic heterocycles. The maximum atomic E-state index is 8.34. The largest absolute Gasteiger partial charge is 0.304 e. The van der Waals surface area contributed by atoms with Crippen LogP contribution in [0.5, 0.6) is 0 Å². The van der Waals surface area contributed by atoms with Crippen LogP contribution in [-0.2, 0) is 0 Å². The minimum Gasteiger partial charge on any atom is -0.304 e. The van der Waals surface area contributed by atoms with E-state index in [-0.39, 0.29) is 0 Å². The van der Waals surface area contributed by atoms with Crippen LogP contribution in [0.2, 0.25) is 0 Å². The van der Waals surface area contributed by atoms with Gasteiger partial charge >= 0.3 is 42.1 Å². The van der Waals surface area contributed by atoms with E-state index in [9.17, 15) is 0 Å². The van der Waals surface area contributed by atoms with Gasteiger partial charge < -0.3 is 4.90 Å². The molecule has 14 heavy (non-hydrogen) atoms. The van der Waals surface area contributed by atoms with Crippen LogP contribution in [0, 0.1) is 0 Å². The van der Waals surface area contributed by atoms with Crippen LogP contribution in [0.1, 0.15) is 34.6 Å². The summed E-state index contributed by atoms with van der Waals surface area (Å²) in [6, 6.07) is 0. The molecular weight excluding hydrogens is 201 g/mol. The fourth-order valence-electron chi connectivity index (χ4n) is 0.671. The minimum absolute atomic E-state index is 0.396. The van der Waals surface area contributed by atoms with E-state index in [0.29, 0.717) is 0 Å². The van der Waals surface area contributed by atoms with Gasteiger partial charge in [0.2, 0.25) is 0 Å². The van der Waals surface area contributed by atoms with Crippen molar-refractivity contribution in [3.8, 4) is 0 Å². The molecule has 0 fully saturated rings. The molecule has 0 aromatic rings. The summed E-state index contributed by atoms with van der Waals surface area (Å²) in [5, 5.41) is 0. The summed E-state index contributed by atoms with van der Waals surface area (Å²) in [6.45, 7) is 13.2. The van der Waals surface area contributed by atoms with E-state index in [1.165, 1.54) is 19.6 Å². The van der Waals surface area contributed by atoms with Gasteiger partial charge in [-0.3, -0.25) is 0 Å². The van der Waals surface area contributed by atoms with E-state index in [4.69, 9.17) is 14.7 Å². The molecule has 0 heterocycles. The van der Waals surface area contributed by atoms with Crippen molar-refractivity contribution in [2.24, 2.45) is 0 Å². The molecule has 0 saturated heterocycles. The molecule has 0 spiro atoms. The van der Waals surface area contributed by atoms with Gasteiger partial charge in [0.15, 0.2) is 0 Å². The molecule has 90 valence electrons. The Hall–Kier alpha value is 0.270. The number of nitrogens with zero attached hydrogens (tertiary/aromatic N) is 1. The van der Waals surface area contributed by atoms with E-state index < -0.39 is 13.6 Å². The van der Waals surface area contributed by atoms with Crippen molar-refractivity contribution in [2.75, 3.05) is 19.6 Å². The molecule has 0 aliphatic carbocycles. The fraction of sp³-hybridized carbons (Fsp3) is 1.00. The Balaban J connectivity index is 0. The van der Waals surface area contributed by atoms with Crippen LogP contribution >= 0.6 is 7.94 Å². The van der Waals surface area contributed by atoms with Crippen LogP contribution < -0.4 is 0 Å². The fourth-order valence-corrected chi connectivity index (χ4v) is 0.671. The van der Waals surface area contributed by atoms with Crippen molar-refractivity contribution in [3.63, 3.8) is 0 Å². The summed E-state index contributed by atoms with van der Waals surface area (Å²) < 4.78 is 0. The van der Waals surface area contributed by atoms with Gasteiger partial charge in [0.25, 0.3) is 0 Å². The van der Waals surface area contributed by atoms with Crippen LogP contribution in [0.15, 0.2) is 0 Å². The van der Waals surface area contributed by atoms with Gasteiger partial charge in [-0.1, -0.05) is 20.8 Å². The molecule has 0 aliphatic heterocycles. The van der Waals surface area contributed by atoms with Crippen molar-refractivity contribution in [3.05, 3.63) is 0 Å². The third-order valence-electron chi connectivity index (χ3n) is 2.12. The Morgan fingerprint density at radius 3 is 1.14 bits per heavy atom. The zero-order valence-electron chi connectivity index (χ0n) is 9.99. The average molecular weight is 227 g/mol. The molecule has 0 bridgehead atoms. The predicted octanol–water partition coefficient (Wildman–Crippen LogP) is 1.21. The maximum Gasteiger partial charge on any atom is -0.00474 e. The summed E-state index contributed by atoms with van der Waals surface area (Å²) in [4.78, 5) is 27.4. The normalized spacial score (nSPS) is 12.7. The van der Waals surface area contributed by atoms with E-state index in [0.717, 1.165) is 0 Å². The van der Waals surface area contributed by atoms with E-state index in [2.05, 4.69) is 25.7 Å². The summed E-state index contributed by atoms with van der Waals surface area (Å²) in [5.74, 6) is 0. The molecule has 0 aliphatic rings. The Bertz CT molecular complexity index is 116. The molecule has 0 saturated carbocycles. The quantitative estimate of drug-likeness (QED) is 0.632. The van der Waals surface area contributed by atoms with Gasteiger partial charge in [0.1, 0.15) is 0 Å². The van der Waals surface area contributed by atoms with Crippen molar-refractivity contribution >= 4 is 7.94 Å². The first-order chi connectivity index (χ1) is 6.29. The van der Waals surface area contributed by atoms with Gasteiger partial charge in [0, 0.05) is 0 Å². The zero-order valence-corrected chi connectivity index (χ0v) is 11.0. The smallest absolute Gasteiger partial charge is 0.00474 e. The number of hydrogen-bond acceptors (Lipinski definition) is 4. The maximum absolute atomic E-state index is 8.34. The molecule has 0 aromatic carbocycles. The van der Waals surface area contributed by atoms with Gasteiger partial charge in [-0.25, -0.2) is 0 Å². The third kappa shape index (κ3) is 10.4. The van der Waals surface area contributed by atoms with Crippen LogP contribution in [0.4, 0.5) is 0 Å². The Morgan fingerprint density at radius 2 is 1.14 bits per heavy atom. The van der Waals surface area contributed by atoms with Crippen molar-refractivity contribution in [2.45, 2.75) is 40.3 Å². The first kappa shape index (κ1) is 16.7.